The number of hydrogen-bond donors (Lipinski definition) is 2. The smallest absolute Gasteiger partial charge is 0.287 e. The average molecular weight is 553 g/mol. The molecule has 0 spiro atoms. The van der Waals surface area contributed by atoms with Crippen LogP contribution in [-0.2, 0) is 11.4 Å². The number of rotatable bonds is 10. The summed E-state index contributed by atoms with van der Waals surface area (Å²) in [7, 11) is 3.88. The molecule has 4 rings (SSSR count). The lowest BCUT2D eigenvalue weighted by Gasteiger charge is -2.13. The molecule has 0 bridgehead atoms. The third-order valence-electron chi connectivity index (χ3n) is 5.82. The Morgan fingerprint density at radius 3 is 2.33 bits per heavy atom. The first kappa shape index (κ1) is 28.1. The molecule has 0 unspecified atom stereocenters. The number of ether oxygens (including phenoxy) is 1. The van der Waals surface area contributed by atoms with Crippen LogP contribution in [0.3, 0.4) is 0 Å². The van der Waals surface area contributed by atoms with E-state index in [4.69, 9.17) is 16.3 Å². The fourth-order valence-corrected chi connectivity index (χ4v) is 3.90. The number of nitrogens with zero attached hydrogens (tertiary/aromatic N) is 2. The lowest BCUT2D eigenvalue weighted by molar-refractivity contribution is -0.117. The van der Waals surface area contributed by atoms with Gasteiger partial charge >= 0.3 is 0 Å². The van der Waals surface area contributed by atoms with E-state index in [2.05, 4.69) is 15.8 Å². The van der Waals surface area contributed by atoms with Gasteiger partial charge in [-0.25, -0.2) is 5.43 Å². The van der Waals surface area contributed by atoms with E-state index in [1.165, 1.54) is 6.21 Å². The highest BCUT2D eigenvalue weighted by molar-refractivity contribution is 6.34. The second kappa shape index (κ2) is 13.8. The third-order valence-corrected chi connectivity index (χ3v) is 6.15. The summed E-state index contributed by atoms with van der Waals surface area (Å²) in [6, 6.07) is 31.4. The molecule has 0 heterocycles. The molecule has 8 heteroatoms. The second-order valence-corrected chi connectivity index (χ2v) is 9.43. The van der Waals surface area contributed by atoms with Crippen molar-refractivity contribution in [2.24, 2.45) is 5.10 Å². The summed E-state index contributed by atoms with van der Waals surface area (Å²) in [5, 5.41) is 7.04. The fourth-order valence-electron chi connectivity index (χ4n) is 3.68. The lowest BCUT2D eigenvalue weighted by Crippen LogP contribution is -2.33. The normalized spacial score (nSPS) is 11.2. The Morgan fingerprint density at radius 1 is 0.875 bits per heavy atom. The third kappa shape index (κ3) is 8.06. The van der Waals surface area contributed by atoms with E-state index >= 15 is 0 Å². The van der Waals surface area contributed by atoms with Crippen LogP contribution in [0.1, 0.15) is 27.0 Å². The van der Waals surface area contributed by atoms with Crippen molar-refractivity contribution >= 4 is 41.4 Å². The molecule has 0 aliphatic heterocycles. The summed E-state index contributed by atoms with van der Waals surface area (Å²) in [6.07, 6.45) is 3.09. The fraction of sp³-hybridized carbons (Fsp3) is 0.0938. The summed E-state index contributed by atoms with van der Waals surface area (Å²) < 4.78 is 5.86. The first-order chi connectivity index (χ1) is 19.4. The molecule has 40 heavy (non-hydrogen) atoms. The Labute approximate surface area is 238 Å². The molecule has 4 aromatic carbocycles. The quantitative estimate of drug-likeness (QED) is 0.146. The number of carbonyl (C=O) groups excluding carboxylic acids is 2. The minimum absolute atomic E-state index is 0.0135. The van der Waals surface area contributed by atoms with Gasteiger partial charge in [-0.3, -0.25) is 9.59 Å². The van der Waals surface area contributed by atoms with Crippen molar-refractivity contribution in [3.63, 3.8) is 0 Å². The van der Waals surface area contributed by atoms with Crippen molar-refractivity contribution in [2.45, 2.75) is 6.61 Å². The average Bonchev–Trinajstić information content (AvgIpc) is 2.97. The zero-order chi connectivity index (χ0) is 28.3. The zero-order valence-electron chi connectivity index (χ0n) is 22.2. The maximum atomic E-state index is 13.1. The van der Waals surface area contributed by atoms with Gasteiger partial charge in [-0.05, 0) is 59.2 Å². The maximum Gasteiger partial charge on any atom is 0.287 e. The van der Waals surface area contributed by atoms with Gasteiger partial charge in [0.05, 0.1) is 16.8 Å². The van der Waals surface area contributed by atoms with Crippen molar-refractivity contribution in [2.75, 3.05) is 19.0 Å². The Hall–Kier alpha value is -4.88. The number of hydrogen-bond acceptors (Lipinski definition) is 5. The highest BCUT2D eigenvalue weighted by Crippen LogP contribution is 2.18. The van der Waals surface area contributed by atoms with Crippen LogP contribution in [0, 0.1) is 0 Å². The number of halogens is 1. The van der Waals surface area contributed by atoms with Gasteiger partial charge in [0, 0.05) is 19.8 Å². The molecule has 0 aliphatic carbocycles. The molecule has 0 aromatic heterocycles. The first-order valence-corrected chi connectivity index (χ1v) is 12.9. The van der Waals surface area contributed by atoms with Crippen LogP contribution in [-0.4, -0.2) is 32.1 Å². The van der Waals surface area contributed by atoms with Gasteiger partial charge in [-0.15, -0.1) is 0 Å². The van der Waals surface area contributed by atoms with Gasteiger partial charge in [0.15, 0.2) is 0 Å². The van der Waals surface area contributed by atoms with Gasteiger partial charge in [-0.2, -0.15) is 5.10 Å². The van der Waals surface area contributed by atoms with Crippen LogP contribution in [0.5, 0.6) is 5.75 Å². The lowest BCUT2D eigenvalue weighted by atomic mass is 10.1. The molecular formula is C32H29ClN4O3. The number of amides is 2. The number of hydrazone groups is 1. The predicted molar refractivity (Wildman–Crippen MR) is 161 cm³/mol. The van der Waals surface area contributed by atoms with Gasteiger partial charge in [-0.1, -0.05) is 78.3 Å². The molecule has 0 saturated heterocycles. The largest absolute Gasteiger partial charge is 0.489 e. The van der Waals surface area contributed by atoms with E-state index in [9.17, 15) is 9.59 Å². The topological polar surface area (TPSA) is 83.0 Å². The molecular weight excluding hydrogens is 524 g/mol. The Kier molecular flexibility index (Phi) is 9.69. The van der Waals surface area contributed by atoms with Crippen LogP contribution in [0.25, 0.3) is 6.08 Å². The summed E-state index contributed by atoms with van der Waals surface area (Å²) >= 11 is 6.19. The van der Waals surface area contributed by atoms with E-state index in [0.29, 0.717) is 12.4 Å². The number of nitrogens with one attached hydrogen (secondary N) is 2. The minimum atomic E-state index is -0.593. The van der Waals surface area contributed by atoms with Crippen LogP contribution < -0.4 is 20.4 Å². The number of carbonyl (C=O) groups is 2. The minimum Gasteiger partial charge on any atom is -0.489 e. The molecule has 2 amide bonds. The Bertz CT molecular complexity index is 1520. The second-order valence-electron chi connectivity index (χ2n) is 9.02. The molecule has 202 valence electrons. The monoisotopic (exact) mass is 552 g/mol. The Balaban J connectivity index is 1.48. The van der Waals surface area contributed by atoms with E-state index in [0.717, 1.165) is 22.4 Å². The highest BCUT2D eigenvalue weighted by atomic mass is 35.5. The van der Waals surface area contributed by atoms with E-state index in [1.807, 2.05) is 97.9 Å². The molecule has 7 nitrogen and oxygen atoms in total. The number of benzene rings is 4. The standard InChI is InChI=1S/C32H29ClN4O3/c1-37(2)26-17-15-23(16-18-26)20-30(35-31(38)28-13-6-7-14-29(28)33)32(39)36-34-21-25-11-8-12-27(19-25)40-22-24-9-4-3-5-10-24/h3-21H,22H2,1-2H3,(H,35,38)(H,36,39)/b30-20+,34-21+. The highest BCUT2D eigenvalue weighted by Gasteiger charge is 2.16. The van der Waals surface area contributed by atoms with Crippen molar-refractivity contribution in [1.82, 2.24) is 10.7 Å². The summed E-state index contributed by atoms with van der Waals surface area (Å²) in [5.74, 6) is -0.429. The summed E-state index contributed by atoms with van der Waals surface area (Å²) in [6.45, 7) is 0.437. The maximum absolute atomic E-state index is 13.1. The first-order valence-electron chi connectivity index (χ1n) is 12.5. The van der Waals surface area contributed by atoms with Crippen LogP contribution in [0.2, 0.25) is 5.02 Å². The predicted octanol–water partition coefficient (Wildman–Crippen LogP) is 5.91. The molecule has 0 saturated carbocycles. The molecule has 0 radical (unpaired) electrons. The van der Waals surface area contributed by atoms with Gasteiger partial charge < -0.3 is 15.0 Å². The molecule has 0 aliphatic rings. The zero-order valence-corrected chi connectivity index (χ0v) is 22.9. The van der Waals surface area contributed by atoms with Gasteiger partial charge in [0.2, 0.25) is 0 Å². The van der Waals surface area contributed by atoms with E-state index in [1.54, 1.807) is 30.3 Å². The molecule has 0 fully saturated rings. The van der Waals surface area contributed by atoms with Crippen LogP contribution >= 0.6 is 11.6 Å². The number of anilines is 1. The summed E-state index contributed by atoms with van der Waals surface area (Å²) in [4.78, 5) is 28.0. The molecule has 2 N–H and O–H groups in total. The SMILES string of the molecule is CN(C)c1ccc(/C=C(/NC(=O)c2ccccc2Cl)C(=O)N/N=C/c2cccc(OCc3ccccc3)c2)cc1. The van der Waals surface area contributed by atoms with Crippen molar-refractivity contribution in [3.8, 4) is 5.75 Å². The van der Waals surface area contributed by atoms with Crippen molar-refractivity contribution < 1.29 is 14.3 Å². The van der Waals surface area contributed by atoms with E-state index in [-0.39, 0.29) is 16.3 Å². The van der Waals surface area contributed by atoms with Gasteiger partial charge in [0.1, 0.15) is 18.1 Å². The molecule has 0 atom stereocenters. The van der Waals surface area contributed by atoms with Crippen molar-refractivity contribution in [3.05, 3.63) is 136 Å². The molecule has 4 aromatic rings. The van der Waals surface area contributed by atoms with Crippen LogP contribution in [0.4, 0.5) is 5.69 Å². The van der Waals surface area contributed by atoms with Crippen molar-refractivity contribution in [1.29, 1.82) is 0 Å². The Morgan fingerprint density at radius 2 is 1.60 bits per heavy atom. The van der Waals surface area contributed by atoms with Gasteiger partial charge in [0.25, 0.3) is 11.8 Å². The summed E-state index contributed by atoms with van der Waals surface area (Å²) in [5.41, 5.74) is 6.28. The van der Waals surface area contributed by atoms with E-state index < -0.39 is 11.8 Å². The van der Waals surface area contributed by atoms with Crippen LogP contribution in [0.15, 0.2) is 114 Å².